The molecule has 1 amide bonds. The van der Waals surface area contributed by atoms with E-state index in [-0.39, 0.29) is 24.2 Å². The molecule has 0 bridgehead atoms. The minimum absolute atomic E-state index is 0. The number of amides is 1. The van der Waals surface area contributed by atoms with Crippen LogP contribution in [0.1, 0.15) is 19.8 Å². The average Bonchev–Trinajstić information content (AvgIpc) is 2.45. The fourth-order valence-electron chi connectivity index (χ4n) is 2.44. The SMILES string of the molecule is CCN(C(=O)C1CCNCC1)c1cccc(Cl)c1Cl.Cl. The third kappa shape index (κ3) is 3.79. The number of nitrogens with one attached hydrogen (secondary N) is 1. The van der Waals surface area contributed by atoms with Gasteiger partial charge < -0.3 is 10.2 Å². The van der Waals surface area contributed by atoms with E-state index in [1.54, 1.807) is 11.0 Å². The van der Waals surface area contributed by atoms with Crippen molar-refractivity contribution in [3.8, 4) is 0 Å². The fraction of sp³-hybridized carbons (Fsp3) is 0.500. The van der Waals surface area contributed by atoms with E-state index >= 15 is 0 Å². The van der Waals surface area contributed by atoms with E-state index in [0.717, 1.165) is 25.9 Å². The predicted octanol–water partition coefficient (Wildman–Crippen LogP) is 3.77. The van der Waals surface area contributed by atoms with Crippen LogP contribution in [0.25, 0.3) is 0 Å². The Hall–Kier alpha value is -0.480. The molecule has 1 aliphatic heterocycles. The monoisotopic (exact) mass is 336 g/mol. The molecule has 0 saturated carbocycles. The van der Waals surface area contributed by atoms with Gasteiger partial charge in [-0.25, -0.2) is 0 Å². The van der Waals surface area contributed by atoms with Crippen molar-refractivity contribution in [2.45, 2.75) is 19.8 Å². The molecule has 1 aromatic rings. The Bertz CT molecular complexity index is 462. The summed E-state index contributed by atoms with van der Waals surface area (Å²) in [4.78, 5) is 14.3. The van der Waals surface area contributed by atoms with Crippen LogP contribution in [0.4, 0.5) is 5.69 Å². The second-order valence-corrected chi connectivity index (χ2v) is 5.46. The summed E-state index contributed by atoms with van der Waals surface area (Å²) in [6.07, 6.45) is 1.76. The molecule has 112 valence electrons. The lowest BCUT2D eigenvalue weighted by atomic mass is 9.96. The molecule has 2 rings (SSSR count). The van der Waals surface area contributed by atoms with Gasteiger partial charge in [-0.05, 0) is 45.0 Å². The summed E-state index contributed by atoms with van der Waals surface area (Å²) in [5.41, 5.74) is 0.709. The largest absolute Gasteiger partial charge is 0.317 e. The van der Waals surface area contributed by atoms with Gasteiger partial charge in [0.25, 0.3) is 0 Å². The maximum absolute atomic E-state index is 12.6. The highest BCUT2D eigenvalue weighted by molar-refractivity contribution is 6.44. The van der Waals surface area contributed by atoms with Gasteiger partial charge in [0.15, 0.2) is 0 Å². The summed E-state index contributed by atoms with van der Waals surface area (Å²) < 4.78 is 0. The van der Waals surface area contributed by atoms with Crippen LogP contribution in [0.15, 0.2) is 18.2 Å². The Balaban J connectivity index is 0.00000200. The van der Waals surface area contributed by atoms with Gasteiger partial charge in [-0.1, -0.05) is 29.3 Å². The number of benzene rings is 1. The van der Waals surface area contributed by atoms with Crippen molar-refractivity contribution in [2.75, 3.05) is 24.5 Å². The summed E-state index contributed by atoms with van der Waals surface area (Å²) in [6, 6.07) is 5.40. The van der Waals surface area contributed by atoms with Crippen LogP contribution in [0.3, 0.4) is 0 Å². The number of hydrogen-bond donors (Lipinski definition) is 1. The maximum Gasteiger partial charge on any atom is 0.230 e. The van der Waals surface area contributed by atoms with Crippen molar-refractivity contribution in [2.24, 2.45) is 5.92 Å². The number of hydrogen-bond acceptors (Lipinski definition) is 2. The van der Waals surface area contributed by atoms with Crippen molar-refractivity contribution in [3.05, 3.63) is 28.2 Å². The number of halogens is 3. The van der Waals surface area contributed by atoms with Gasteiger partial charge >= 0.3 is 0 Å². The number of rotatable bonds is 3. The Morgan fingerprint density at radius 1 is 1.35 bits per heavy atom. The van der Waals surface area contributed by atoms with Gasteiger partial charge in [-0.3, -0.25) is 4.79 Å². The summed E-state index contributed by atoms with van der Waals surface area (Å²) in [6.45, 7) is 4.35. The first-order valence-corrected chi connectivity index (χ1v) is 7.36. The molecule has 0 spiro atoms. The van der Waals surface area contributed by atoms with E-state index in [2.05, 4.69) is 5.32 Å². The quantitative estimate of drug-likeness (QED) is 0.910. The van der Waals surface area contributed by atoms with Crippen LogP contribution in [0.5, 0.6) is 0 Å². The number of nitrogens with zero attached hydrogens (tertiary/aromatic N) is 1. The standard InChI is InChI=1S/C14H18Cl2N2O.ClH/c1-2-18(12-5-3-4-11(15)13(12)16)14(19)10-6-8-17-9-7-10;/h3-5,10,17H,2,6-9H2,1H3;1H. The predicted molar refractivity (Wildman–Crippen MR) is 87.3 cm³/mol. The first-order chi connectivity index (χ1) is 9.15. The Morgan fingerprint density at radius 3 is 2.60 bits per heavy atom. The van der Waals surface area contributed by atoms with Gasteiger partial charge in [0.05, 0.1) is 15.7 Å². The first-order valence-electron chi connectivity index (χ1n) is 6.61. The number of anilines is 1. The molecule has 1 heterocycles. The Kier molecular flexibility index (Phi) is 7.10. The molecule has 6 heteroatoms. The molecule has 3 nitrogen and oxygen atoms in total. The van der Waals surface area contributed by atoms with E-state index in [0.29, 0.717) is 22.3 Å². The molecule has 0 atom stereocenters. The summed E-state index contributed by atoms with van der Waals surface area (Å²) in [5, 5.41) is 4.20. The molecule has 0 radical (unpaired) electrons. The zero-order valence-electron chi connectivity index (χ0n) is 11.4. The van der Waals surface area contributed by atoms with Crippen LogP contribution < -0.4 is 10.2 Å². The zero-order valence-corrected chi connectivity index (χ0v) is 13.7. The van der Waals surface area contributed by atoms with Crippen molar-refractivity contribution in [1.82, 2.24) is 5.32 Å². The lowest BCUT2D eigenvalue weighted by Gasteiger charge is -2.29. The van der Waals surface area contributed by atoms with Gasteiger partial charge in [-0.2, -0.15) is 0 Å². The van der Waals surface area contributed by atoms with Crippen LogP contribution in [0.2, 0.25) is 10.0 Å². The Morgan fingerprint density at radius 2 is 2.00 bits per heavy atom. The van der Waals surface area contributed by atoms with Crippen molar-refractivity contribution in [1.29, 1.82) is 0 Å². The molecule has 1 saturated heterocycles. The van der Waals surface area contributed by atoms with Crippen LogP contribution in [-0.4, -0.2) is 25.5 Å². The topological polar surface area (TPSA) is 32.3 Å². The second-order valence-electron chi connectivity index (χ2n) is 4.68. The molecule has 1 aliphatic rings. The molecular weight excluding hydrogens is 319 g/mol. The lowest BCUT2D eigenvalue weighted by Crippen LogP contribution is -2.41. The molecule has 1 aromatic carbocycles. The number of carbonyl (C=O) groups is 1. The highest BCUT2D eigenvalue weighted by Gasteiger charge is 2.27. The molecule has 0 aromatic heterocycles. The van der Waals surface area contributed by atoms with E-state index in [1.165, 1.54) is 0 Å². The first kappa shape index (κ1) is 17.6. The number of carbonyl (C=O) groups excluding carboxylic acids is 1. The van der Waals surface area contributed by atoms with E-state index in [9.17, 15) is 4.79 Å². The number of piperidine rings is 1. The highest BCUT2D eigenvalue weighted by Crippen LogP contribution is 2.33. The van der Waals surface area contributed by atoms with E-state index in [4.69, 9.17) is 23.2 Å². The molecule has 20 heavy (non-hydrogen) atoms. The van der Waals surface area contributed by atoms with Crippen molar-refractivity contribution in [3.63, 3.8) is 0 Å². The molecule has 1 fully saturated rings. The summed E-state index contributed by atoms with van der Waals surface area (Å²) in [7, 11) is 0. The second kappa shape index (κ2) is 8.08. The maximum atomic E-state index is 12.6. The third-order valence-corrected chi connectivity index (χ3v) is 4.30. The van der Waals surface area contributed by atoms with E-state index in [1.807, 2.05) is 19.1 Å². The minimum atomic E-state index is 0. The van der Waals surface area contributed by atoms with Gasteiger partial charge in [0.2, 0.25) is 5.91 Å². The van der Waals surface area contributed by atoms with E-state index < -0.39 is 0 Å². The molecule has 0 unspecified atom stereocenters. The van der Waals surface area contributed by atoms with Crippen LogP contribution >= 0.6 is 35.6 Å². The zero-order chi connectivity index (χ0) is 13.8. The van der Waals surface area contributed by atoms with Gasteiger partial charge in [0.1, 0.15) is 0 Å². The average molecular weight is 338 g/mol. The lowest BCUT2D eigenvalue weighted by molar-refractivity contribution is -0.123. The van der Waals surface area contributed by atoms with Crippen LogP contribution in [0, 0.1) is 5.92 Å². The Labute approximate surface area is 136 Å². The minimum Gasteiger partial charge on any atom is -0.317 e. The van der Waals surface area contributed by atoms with Crippen LogP contribution in [-0.2, 0) is 4.79 Å². The molecule has 0 aliphatic carbocycles. The molecule has 1 N–H and O–H groups in total. The van der Waals surface area contributed by atoms with Gasteiger partial charge in [-0.15, -0.1) is 12.4 Å². The normalized spacial score (nSPS) is 15.6. The van der Waals surface area contributed by atoms with Crippen molar-refractivity contribution < 1.29 is 4.79 Å². The third-order valence-electron chi connectivity index (χ3n) is 3.49. The molecular formula is C14H19Cl3N2O. The fourth-order valence-corrected chi connectivity index (χ4v) is 2.83. The summed E-state index contributed by atoms with van der Waals surface area (Å²) >= 11 is 12.2. The van der Waals surface area contributed by atoms with Gasteiger partial charge in [0, 0.05) is 12.5 Å². The van der Waals surface area contributed by atoms with Crippen molar-refractivity contribution >= 4 is 47.2 Å². The highest BCUT2D eigenvalue weighted by atomic mass is 35.5. The smallest absolute Gasteiger partial charge is 0.230 e. The summed E-state index contributed by atoms with van der Waals surface area (Å²) in [5.74, 6) is 0.226.